The molecule has 0 amide bonds. The standard InChI is InChI=1S/C21H30N4O3/c1-17-15-25(21(27)22-20(17)26)10-4-3-9-23-11-13-24(14-12-23)16-18-5-7-19(28-2)8-6-18/h5-8,15H,3-4,9-14,16H2,1-2H3,(H,22,26,27). The normalized spacial score (nSPS) is 15.6. The maximum absolute atomic E-state index is 11.8. The first-order chi connectivity index (χ1) is 13.5. The summed E-state index contributed by atoms with van der Waals surface area (Å²) < 4.78 is 6.81. The van der Waals surface area contributed by atoms with E-state index < -0.39 is 0 Å². The summed E-state index contributed by atoms with van der Waals surface area (Å²) in [6, 6.07) is 8.29. The van der Waals surface area contributed by atoms with Crippen molar-refractivity contribution < 1.29 is 4.74 Å². The van der Waals surface area contributed by atoms with Crippen molar-refractivity contribution in [2.75, 3.05) is 39.8 Å². The molecule has 1 aromatic heterocycles. The summed E-state index contributed by atoms with van der Waals surface area (Å²) in [5.41, 5.74) is 1.28. The third kappa shape index (κ3) is 5.56. The fraction of sp³-hybridized carbons (Fsp3) is 0.524. The van der Waals surface area contributed by atoms with Crippen LogP contribution in [-0.4, -0.2) is 59.2 Å². The van der Waals surface area contributed by atoms with Gasteiger partial charge in [0.15, 0.2) is 0 Å². The summed E-state index contributed by atoms with van der Waals surface area (Å²) in [6.45, 7) is 8.70. The third-order valence-corrected chi connectivity index (χ3v) is 5.34. The zero-order chi connectivity index (χ0) is 19.9. The minimum atomic E-state index is -0.317. The van der Waals surface area contributed by atoms with Gasteiger partial charge in [-0.05, 0) is 44.0 Å². The number of piperazine rings is 1. The number of hydrogen-bond donors (Lipinski definition) is 1. The van der Waals surface area contributed by atoms with Crippen molar-refractivity contribution >= 4 is 0 Å². The van der Waals surface area contributed by atoms with Crippen molar-refractivity contribution in [2.24, 2.45) is 0 Å². The van der Waals surface area contributed by atoms with Crippen molar-refractivity contribution in [3.8, 4) is 5.75 Å². The van der Waals surface area contributed by atoms with Gasteiger partial charge in [0, 0.05) is 51.0 Å². The second-order valence-corrected chi connectivity index (χ2v) is 7.44. The Bertz CT molecular complexity index is 864. The monoisotopic (exact) mass is 386 g/mol. The van der Waals surface area contributed by atoms with E-state index in [4.69, 9.17) is 4.74 Å². The number of benzene rings is 1. The second-order valence-electron chi connectivity index (χ2n) is 7.44. The minimum Gasteiger partial charge on any atom is -0.497 e. The molecule has 2 aromatic rings. The molecule has 0 saturated carbocycles. The molecule has 2 heterocycles. The molecular formula is C21H30N4O3. The molecule has 0 radical (unpaired) electrons. The number of hydrogen-bond acceptors (Lipinski definition) is 5. The summed E-state index contributed by atoms with van der Waals surface area (Å²) in [7, 11) is 1.69. The van der Waals surface area contributed by atoms with E-state index in [0.29, 0.717) is 12.1 Å². The van der Waals surface area contributed by atoms with Gasteiger partial charge in [-0.2, -0.15) is 0 Å². The molecule has 0 bridgehead atoms. The van der Waals surface area contributed by atoms with E-state index in [9.17, 15) is 9.59 Å². The Kier molecular flexibility index (Phi) is 7.06. The molecule has 0 aliphatic carbocycles. The molecule has 152 valence electrons. The number of nitrogens with zero attached hydrogens (tertiary/aromatic N) is 3. The molecule has 28 heavy (non-hydrogen) atoms. The first-order valence-electron chi connectivity index (χ1n) is 9.93. The summed E-state index contributed by atoms with van der Waals surface area (Å²) in [4.78, 5) is 30.5. The molecule has 1 aromatic carbocycles. The van der Waals surface area contributed by atoms with E-state index in [0.717, 1.165) is 57.9 Å². The van der Waals surface area contributed by atoms with Crippen LogP contribution in [0.3, 0.4) is 0 Å². The molecule has 0 atom stereocenters. The fourth-order valence-electron chi connectivity index (χ4n) is 3.56. The number of aromatic amines is 1. The Labute approximate surface area is 165 Å². The van der Waals surface area contributed by atoms with Gasteiger partial charge in [0.2, 0.25) is 0 Å². The average molecular weight is 386 g/mol. The smallest absolute Gasteiger partial charge is 0.328 e. The molecule has 0 spiro atoms. The number of nitrogens with one attached hydrogen (secondary N) is 1. The Balaban J connectivity index is 1.36. The molecule has 0 unspecified atom stereocenters. The number of methoxy groups -OCH3 is 1. The van der Waals surface area contributed by atoms with Gasteiger partial charge in [-0.1, -0.05) is 12.1 Å². The predicted molar refractivity (Wildman–Crippen MR) is 110 cm³/mol. The van der Waals surface area contributed by atoms with Crippen LogP contribution in [0.25, 0.3) is 0 Å². The highest BCUT2D eigenvalue weighted by atomic mass is 16.5. The van der Waals surface area contributed by atoms with E-state index in [1.54, 1.807) is 24.8 Å². The van der Waals surface area contributed by atoms with Crippen LogP contribution in [0.4, 0.5) is 0 Å². The topological polar surface area (TPSA) is 70.6 Å². The largest absolute Gasteiger partial charge is 0.497 e. The van der Waals surface area contributed by atoms with Gasteiger partial charge in [-0.25, -0.2) is 4.79 Å². The Morgan fingerprint density at radius 2 is 1.61 bits per heavy atom. The molecule has 3 rings (SSSR count). The van der Waals surface area contributed by atoms with Crippen LogP contribution < -0.4 is 16.0 Å². The van der Waals surface area contributed by atoms with Crippen LogP contribution in [0.5, 0.6) is 5.75 Å². The van der Waals surface area contributed by atoms with Gasteiger partial charge >= 0.3 is 5.69 Å². The third-order valence-electron chi connectivity index (χ3n) is 5.34. The summed E-state index contributed by atoms with van der Waals surface area (Å²) in [5.74, 6) is 0.896. The fourth-order valence-corrected chi connectivity index (χ4v) is 3.56. The zero-order valence-electron chi connectivity index (χ0n) is 16.8. The molecule has 1 aliphatic heterocycles. The second kappa shape index (κ2) is 9.71. The van der Waals surface area contributed by atoms with E-state index in [-0.39, 0.29) is 11.2 Å². The van der Waals surface area contributed by atoms with Gasteiger partial charge in [-0.3, -0.25) is 14.7 Å². The van der Waals surface area contributed by atoms with E-state index in [1.807, 2.05) is 12.1 Å². The average Bonchev–Trinajstić information content (AvgIpc) is 2.70. The lowest BCUT2D eigenvalue weighted by Crippen LogP contribution is -2.46. The van der Waals surface area contributed by atoms with Crippen LogP contribution in [0.2, 0.25) is 0 Å². The van der Waals surface area contributed by atoms with Crippen molar-refractivity contribution in [3.05, 3.63) is 62.4 Å². The van der Waals surface area contributed by atoms with Crippen molar-refractivity contribution in [1.29, 1.82) is 0 Å². The number of unbranched alkanes of at least 4 members (excludes halogenated alkanes) is 1. The molecule has 1 N–H and O–H groups in total. The molecule has 1 fully saturated rings. The van der Waals surface area contributed by atoms with Gasteiger partial charge in [0.1, 0.15) is 5.75 Å². The van der Waals surface area contributed by atoms with Crippen molar-refractivity contribution in [1.82, 2.24) is 19.4 Å². The molecule has 7 nitrogen and oxygen atoms in total. The Morgan fingerprint density at radius 3 is 2.29 bits per heavy atom. The maximum Gasteiger partial charge on any atom is 0.328 e. The van der Waals surface area contributed by atoms with E-state index >= 15 is 0 Å². The summed E-state index contributed by atoms with van der Waals surface area (Å²) in [6.07, 6.45) is 3.62. The van der Waals surface area contributed by atoms with Gasteiger partial charge < -0.3 is 14.2 Å². The lowest BCUT2D eigenvalue weighted by molar-refractivity contribution is 0.125. The van der Waals surface area contributed by atoms with E-state index in [1.165, 1.54) is 5.56 Å². The van der Waals surface area contributed by atoms with Gasteiger partial charge in [0.25, 0.3) is 5.56 Å². The first-order valence-corrected chi connectivity index (χ1v) is 9.93. The van der Waals surface area contributed by atoms with E-state index in [2.05, 4.69) is 26.9 Å². The lowest BCUT2D eigenvalue weighted by atomic mass is 10.2. The minimum absolute atomic E-state index is 0.297. The quantitative estimate of drug-likeness (QED) is 0.696. The molecular weight excluding hydrogens is 356 g/mol. The highest BCUT2D eigenvalue weighted by molar-refractivity contribution is 5.27. The van der Waals surface area contributed by atoms with Gasteiger partial charge in [-0.15, -0.1) is 0 Å². The highest BCUT2D eigenvalue weighted by Crippen LogP contribution is 2.14. The van der Waals surface area contributed by atoms with Crippen LogP contribution in [0.1, 0.15) is 24.0 Å². The zero-order valence-corrected chi connectivity index (χ0v) is 16.8. The number of H-pyrrole nitrogens is 1. The van der Waals surface area contributed by atoms with Crippen molar-refractivity contribution in [3.63, 3.8) is 0 Å². The van der Waals surface area contributed by atoms with Crippen LogP contribution in [0, 0.1) is 6.92 Å². The number of aryl methyl sites for hydroxylation is 2. The van der Waals surface area contributed by atoms with Crippen molar-refractivity contribution in [2.45, 2.75) is 32.9 Å². The SMILES string of the molecule is COc1ccc(CN2CCN(CCCCn3cc(C)c(=O)[nH]c3=O)CC2)cc1. The number of rotatable bonds is 8. The maximum atomic E-state index is 11.8. The molecule has 7 heteroatoms. The first kappa shape index (κ1) is 20.4. The predicted octanol–water partition coefficient (Wildman–Crippen LogP) is 1.45. The van der Waals surface area contributed by atoms with Crippen LogP contribution in [-0.2, 0) is 13.1 Å². The summed E-state index contributed by atoms with van der Waals surface area (Å²) in [5, 5.41) is 0. The molecule has 1 saturated heterocycles. The molecule has 1 aliphatic rings. The highest BCUT2D eigenvalue weighted by Gasteiger charge is 2.16. The van der Waals surface area contributed by atoms with Crippen LogP contribution >= 0.6 is 0 Å². The summed E-state index contributed by atoms with van der Waals surface area (Å²) >= 11 is 0. The Hall–Kier alpha value is -2.38. The van der Waals surface area contributed by atoms with Crippen LogP contribution in [0.15, 0.2) is 40.1 Å². The van der Waals surface area contributed by atoms with Gasteiger partial charge in [0.05, 0.1) is 7.11 Å². The lowest BCUT2D eigenvalue weighted by Gasteiger charge is -2.34. The number of ether oxygens (including phenoxy) is 1. The number of aromatic nitrogens is 2. The Morgan fingerprint density at radius 1 is 0.964 bits per heavy atom.